The van der Waals surface area contributed by atoms with E-state index >= 15 is 0 Å². The molecule has 0 heterocycles. The molecule has 0 radical (unpaired) electrons. The van der Waals surface area contributed by atoms with Crippen molar-refractivity contribution in [2.75, 3.05) is 5.32 Å². The average Bonchev–Trinajstić information content (AvgIpc) is 2.36. The fraction of sp³-hybridized carbons (Fsp3) is 0.125. The number of carboxylic acid groups (broad SMARTS) is 1. The van der Waals surface area contributed by atoms with Gasteiger partial charge in [0.15, 0.2) is 0 Å². The standard InChI is InChI=1S/C16H15NO3/c1-10(2)7-15(18)17-14-9-12-6-4-3-5-11(12)8-13(14)16(19)20/h3-9H,1-2H3,(H,17,18)(H,19,20). The minimum atomic E-state index is -1.07. The quantitative estimate of drug-likeness (QED) is 0.839. The number of nitrogens with one attached hydrogen (secondary N) is 1. The zero-order valence-electron chi connectivity index (χ0n) is 11.3. The van der Waals surface area contributed by atoms with E-state index in [0.29, 0.717) is 5.69 Å². The predicted molar refractivity (Wildman–Crippen MR) is 79.0 cm³/mol. The SMILES string of the molecule is CC(C)=CC(=O)Nc1cc2ccccc2cc1C(=O)O. The first-order valence-electron chi connectivity index (χ1n) is 6.19. The number of allylic oxidation sites excluding steroid dienone is 1. The van der Waals surface area contributed by atoms with Gasteiger partial charge in [-0.3, -0.25) is 4.79 Å². The predicted octanol–water partition coefficient (Wildman–Crippen LogP) is 3.44. The number of amides is 1. The first-order chi connectivity index (χ1) is 9.47. The van der Waals surface area contributed by atoms with Crippen molar-refractivity contribution in [2.24, 2.45) is 0 Å². The summed E-state index contributed by atoms with van der Waals surface area (Å²) in [6.07, 6.45) is 1.43. The zero-order valence-corrected chi connectivity index (χ0v) is 11.3. The maximum absolute atomic E-state index is 11.8. The van der Waals surface area contributed by atoms with E-state index in [0.717, 1.165) is 16.3 Å². The fourth-order valence-corrected chi connectivity index (χ4v) is 1.95. The van der Waals surface area contributed by atoms with Crippen LogP contribution in [0.3, 0.4) is 0 Å². The molecule has 0 saturated carbocycles. The monoisotopic (exact) mass is 269 g/mol. The van der Waals surface area contributed by atoms with Crippen molar-refractivity contribution in [2.45, 2.75) is 13.8 Å². The number of hydrogen-bond acceptors (Lipinski definition) is 2. The van der Waals surface area contributed by atoms with Crippen LogP contribution in [0.5, 0.6) is 0 Å². The van der Waals surface area contributed by atoms with E-state index in [9.17, 15) is 14.7 Å². The van der Waals surface area contributed by atoms with Gasteiger partial charge >= 0.3 is 5.97 Å². The third-order valence-electron chi connectivity index (χ3n) is 2.79. The Hall–Kier alpha value is -2.62. The van der Waals surface area contributed by atoms with E-state index in [1.54, 1.807) is 26.0 Å². The van der Waals surface area contributed by atoms with Crippen LogP contribution in [0.15, 0.2) is 48.0 Å². The van der Waals surface area contributed by atoms with Crippen molar-refractivity contribution >= 4 is 28.3 Å². The van der Waals surface area contributed by atoms with Crippen molar-refractivity contribution in [1.29, 1.82) is 0 Å². The van der Waals surface area contributed by atoms with Gasteiger partial charge in [0.05, 0.1) is 11.3 Å². The Balaban J connectivity index is 2.50. The highest BCUT2D eigenvalue weighted by Crippen LogP contribution is 2.24. The van der Waals surface area contributed by atoms with Crippen LogP contribution in [-0.2, 0) is 4.79 Å². The molecule has 0 aliphatic rings. The van der Waals surface area contributed by atoms with Crippen molar-refractivity contribution < 1.29 is 14.7 Å². The molecule has 2 N–H and O–H groups in total. The second-order valence-corrected chi connectivity index (χ2v) is 4.76. The van der Waals surface area contributed by atoms with E-state index < -0.39 is 5.97 Å². The molecule has 1 amide bonds. The molecule has 2 aromatic rings. The number of carbonyl (C=O) groups excluding carboxylic acids is 1. The van der Waals surface area contributed by atoms with Crippen LogP contribution in [0.4, 0.5) is 5.69 Å². The lowest BCUT2D eigenvalue weighted by Crippen LogP contribution is -2.12. The minimum absolute atomic E-state index is 0.0826. The van der Waals surface area contributed by atoms with Crippen LogP contribution >= 0.6 is 0 Å². The van der Waals surface area contributed by atoms with E-state index in [1.807, 2.05) is 24.3 Å². The van der Waals surface area contributed by atoms with Gasteiger partial charge in [0.25, 0.3) is 0 Å². The Bertz CT molecular complexity index is 713. The second-order valence-electron chi connectivity index (χ2n) is 4.76. The van der Waals surface area contributed by atoms with Crippen LogP contribution in [0, 0.1) is 0 Å². The molecule has 4 heteroatoms. The Morgan fingerprint density at radius 3 is 2.25 bits per heavy atom. The lowest BCUT2D eigenvalue weighted by Gasteiger charge is -2.09. The van der Waals surface area contributed by atoms with Crippen LogP contribution < -0.4 is 5.32 Å². The Morgan fingerprint density at radius 1 is 1.10 bits per heavy atom. The molecule has 0 spiro atoms. The first-order valence-corrected chi connectivity index (χ1v) is 6.19. The third kappa shape index (κ3) is 3.03. The summed E-state index contributed by atoms with van der Waals surface area (Å²) >= 11 is 0. The number of benzene rings is 2. The molecule has 0 atom stereocenters. The molecular formula is C16H15NO3. The summed E-state index contributed by atoms with van der Waals surface area (Å²) in [5.74, 6) is -1.40. The third-order valence-corrected chi connectivity index (χ3v) is 2.79. The van der Waals surface area contributed by atoms with Crippen molar-refractivity contribution in [3.8, 4) is 0 Å². The molecule has 0 aliphatic carbocycles. The number of carboxylic acids is 1. The molecule has 0 saturated heterocycles. The van der Waals surface area contributed by atoms with Crippen LogP contribution in [0.1, 0.15) is 24.2 Å². The van der Waals surface area contributed by atoms with Gasteiger partial charge < -0.3 is 10.4 Å². The molecule has 0 fully saturated rings. The van der Waals surface area contributed by atoms with Gasteiger partial charge in [-0.25, -0.2) is 4.79 Å². The molecule has 0 aromatic heterocycles. The largest absolute Gasteiger partial charge is 0.478 e. The van der Waals surface area contributed by atoms with Gasteiger partial charge in [-0.05, 0) is 36.8 Å². The van der Waals surface area contributed by atoms with Crippen LogP contribution in [0.25, 0.3) is 10.8 Å². The molecular weight excluding hydrogens is 254 g/mol. The minimum Gasteiger partial charge on any atom is -0.478 e. The summed E-state index contributed by atoms with van der Waals surface area (Å²) in [6.45, 7) is 3.61. The topological polar surface area (TPSA) is 66.4 Å². The summed E-state index contributed by atoms with van der Waals surface area (Å²) < 4.78 is 0. The van der Waals surface area contributed by atoms with Gasteiger partial charge in [0.1, 0.15) is 0 Å². The molecule has 2 rings (SSSR count). The Kier molecular flexibility index (Phi) is 3.84. The molecule has 0 unspecified atom stereocenters. The van der Waals surface area contributed by atoms with Gasteiger partial charge in [-0.2, -0.15) is 0 Å². The lowest BCUT2D eigenvalue weighted by molar-refractivity contribution is -0.111. The molecule has 2 aromatic carbocycles. The number of anilines is 1. The maximum atomic E-state index is 11.8. The van der Waals surface area contributed by atoms with Crippen LogP contribution in [0.2, 0.25) is 0 Å². The first kappa shape index (κ1) is 13.8. The number of aromatic carboxylic acids is 1. The molecule has 0 bridgehead atoms. The number of fused-ring (bicyclic) bond motifs is 1. The summed E-state index contributed by atoms with van der Waals surface area (Å²) in [7, 11) is 0. The van der Waals surface area contributed by atoms with Crippen molar-refractivity contribution in [3.05, 3.63) is 53.6 Å². The zero-order chi connectivity index (χ0) is 14.7. The van der Waals surface area contributed by atoms with Gasteiger partial charge in [-0.1, -0.05) is 29.8 Å². The maximum Gasteiger partial charge on any atom is 0.337 e. The Labute approximate surface area is 116 Å². The molecule has 0 aliphatic heterocycles. The van der Waals surface area contributed by atoms with E-state index in [1.165, 1.54) is 6.08 Å². The van der Waals surface area contributed by atoms with Crippen molar-refractivity contribution in [3.63, 3.8) is 0 Å². The molecule has 102 valence electrons. The number of rotatable bonds is 3. The Morgan fingerprint density at radius 2 is 1.70 bits per heavy atom. The molecule has 4 nitrogen and oxygen atoms in total. The average molecular weight is 269 g/mol. The van der Waals surface area contributed by atoms with Gasteiger partial charge in [0, 0.05) is 6.08 Å². The van der Waals surface area contributed by atoms with E-state index in [2.05, 4.69) is 5.32 Å². The summed E-state index contributed by atoms with van der Waals surface area (Å²) in [5.41, 5.74) is 1.23. The molecule has 20 heavy (non-hydrogen) atoms. The highest BCUT2D eigenvalue weighted by Gasteiger charge is 2.13. The van der Waals surface area contributed by atoms with Gasteiger partial charge in [0.2, 0.25) is 5.91 Å². The highest BCUT2D eigenvalue weighted by molar-refractivity contribution is 6.07. The van der Waals surface area contributed by atoms with E-state index in [4.69, 9.17) is 0 Å². The lowest BCUT2D eigenvalue weighted by atomic mass is 10.0. The fourth-order valence-electron chi connectivity index (χ4n) is 1.95. The number of hydrogen-bond donors (Lipinski definition) is 2. The normalized spacial score (nSPS) is 10.1. The van der Waals surface area contributed by atoms with Crippen molar-refractivity contribution in [1.82, 2.24) is 0 Å². The van der Waals surface area contributed by atoms with Crippen LogP contribution in [-0.4, -0.2) is 17.0 Å². The summed E-state index contributed by atoms with van der Waals surface area (Å²) in [6, 6.07) is 10.7. The smallest absolute Gasteiger partial charge is 0.337 e. The summed E-state index contributed by atoms with van der Waals surface area (Å²) in [4.78, 5) is 23.1. The number of carbonyl (C=O) groups is 2. The van der Waals surface area contributed by atoms with Gasteiger partial charge in [-0.15, -0.1) is 0 Å². The summed E-state index contributed by atoms with van der Waals surface area (Å²) in [5, 5.41) is 13.6. The highest BCUT2D eigenvalue weighted by atomic mass is 16.4. The van der Waals surface area contributed by atoms with E-state index in [-0.39, 0.29) is 11.5 Å². The second kappa shape index (κ2) is 5.57.